The van der Waals surface area contributed by atoms with Gasteiger partial charge in [-0.25, -0.2) is 0 Å². The molecule has 1 aliphatic heterocycles. The molecule has 0 saturated carbocycles. The molecule has 0 aliphatic carbocycles. The minimum absolute atomic E-state index is 0. The number of hydrogen-bond donors (Lipinski definition) is 0. The molecule has 4 aromatic carbocycles. The van der Waals surface area contributed by atoms with Gasteiger partial charge >= 0.3 is 6.01 Å². The normalized spacial score (nSPS) is 11.7. The first-order valence-corrected chi connectivity index (χ1v) is 11.8. The van der Waals surface area contributed by atoms with E-state index in [1.54, 1.807) is 0 Å². The number of benzene rings is 4. The molecular weight excluding hydrogens is 635 g/mol. The molecule has 0 spiro atoms. The number of nitrogens with zero attached hydrogens (tertiary/aromatic N) is 3. The smallest absolute Gasteiger partial charge is 0.494 e. The fourth-order valence-corrected chi connectivity index (χ4v) is 4.39. The molecule has 7 rings (SSSR count). The number of aryl methyl sites for hydroxylation is 1. The van der Waals surface area contributed by atoms with Crippen molar-refractivity contribution in [3.05, 3.63) is 121 Å². The molecule has 0 atom stereocenters. The Morgan fingerprint density at radius 2 is 1.57 bits per heavy atom. The van der Waals surface area contributed by atoms with Crippen molar-refractivity contribution in [1.29, 1.82) is 0 Å². The molecule has 181 valence electrons. The molecule has 3 heterocycles. The molecule has 1 aliphatic rings. The Bertz CT molecular complexity index is 1780. The summed E-state index contributed by atoms with van der Waals surface area (Å²) in [4.78, 5) is 4.32. The first-order chi connectivity index (χ1) is 17.7. The molecule has 0 saturated heterocycles. The molecule has 4 nitrogen and oxygen atoms in total. The monoisotopic (exact) mass is 658 g/mol. The van der Waals surface area contributed by atoms with Gasteiger partial charge in [-0.05, 0) is 24.2 Å². The zero-order valence-electron chi connectivity index (χ0n) is 20.4. The number of aromatic nitrogens is 1. The zero-order chi connectivity index (χ0) is 24.5. The fourth-order valence-electron chi connectivity index (χ4n) is 4.39. The molecule has 37 heavy (non-hydrogen) atoms. The Morgan fingerprint density at radius 3 is 2.35 bits per heavy atom. The second-order valence-corrected chi connectivity index (χ2v) is 8.65. The van der Waals surface area contributed by atoms with Crippen molar-refractivity contribution in [2.24, 2.45) is 0 Å². The zero-order valence-corrected chi connectivity index (χ0v) is 22.8. The molecule has 0 fully saturated rings. The van der Waals surface area contributed by atoms with Crippen LogP contribution in [-0.4, -0.2) is 22.6 Å². The molecule has 6 aromatic rings. The van der Waals surface area contributed by atoms with Crippen LogP contribution < -0.4 is 4.58 Å². The maximum Gasteiger partial charge on any atom is 0.494 e. The predicted octanol–water partition coefficient (Wildman–Crippen LogP) is 7.54. The van der Waals surface area contributed by atoms with Crippen molar-refractivity contribution < 1.29 is 29.1 Å². The third-order valence-corrected chi connectivity index (χ3v) is 6.17. The minimum atomic E-state index is 0. The first-order valence-electron chi connectivity index (χ1n) is 11.8. The van der Waals surface area contributed by atoms with Crippen LogP contribution in [0.15, 0.2) is 108 Å². The number of para-hydroxylation sites is 3. The van der Waals surface area contributed by atoms with Crippen molar-refractivity contribution in [1.82, 2.24) is 9.56 Å². The van der Waals surface area contributed by atoms with Crippen molar-refractivity contribution in [3.63, 3.8) is 0 Å². The predicted molar refractivity (Wildman–Crippen MR) is 145 cm³/mol. The Labute approximate surface area is 229 Å². The second-order valence-electron chi connectivity index (χ2n) is 8.65. The van der Waals surface area contributed by atoms with Crippen LogP contribution in [0.1, 0.15) is 5.56 Å². The largest absolute Gasteiger partial charge is 0.509 e. The van der Waals surface area contributed by atoms with Crippen molar-refractivity contribution in [2.45, 2.75) is 6.92 Å². The van der Waals surface area contributed by atoms with E-state index in [9.17, 15) is 0 Å². The first kappa shape index (κ1) is 24.5. The molecule has 0 bridgehead atoms. The van der Waals surface area contributed by atoms with Crippen LogP contribution in [0.25, 0.3) is 33.2 Å². The maximum absolute atomic E-state index is 6.11. The molecule has 2 aromatic heterocycles. The van der Waals surface area contributed by atoms with E-state index in [-0.39, 0.29) is 20.1 Å². The van der Waals surface area contributed by atoms with Gasteiger partial charge in [0.25, 0.3) is 11.4 Å². The van der Waals surface area contributed by atoms with Crippen LogP contribution in [0.5, 0.6) is 0 Å². The van der Waals surface area contributed by atoms with Crippen LogP contribution >= 0.6 is 0 Å². The van der Waals surface area contributed by atoms with Gasteiger partial charge in [-0.3, -0.25) is 0 Å². The number of furan rings is 1. The average molecular weight is 658 g/mol. The third kappa shape index (κ3) is 4.69. The summed E-state index contributed by atoms with van der Waals surface area (Å²) in [7, 11) is 2.00. The summed E-state index contributed by atoms with van der Waals surface area (Å²) >= 11 is 0. The summed E-state index contributed by atoms with van der Waals surface area (Å²) in [6.07, 6.45) is 1.87. The topological polar surface area (TPSA) is 32.0 Å². The SMILES string of the molecule is C[N+]1=C=[N+](c2[c-]ccc3c2oc2ccccc23)c2ccccc21.Cc1ccc(-c2[c-]cccc2)nc1.[Ir]. The van der Waals surface area contributed by atoms with Gasteiger partial charge in [-0.15, -0.1) is 42.0 Å². The average Bonchev–Trinajstić information content (AvgIpc) is 3.48. The molecular formula is C32H23IrN3O. The number of pyridine rings is 1. The van der Waals surface area contributed by atoms with Gasteiger partial charge < -0.3 is 9.40 Å². The molecule has 5 heteroatoms. The Balaban J connectivity index is 0.000000172. The summed E-state index contributed by atoms with van der Waals surface area (Å²) in [5.74, 6) is 0. The van der Waals surface area contributed by atoms with E-state index in [2.05, 4.69) is 53.5 Å². The summed E-state index contributed by atoms with van der Waals surface area (Å²) in [5, 5.41) is 2.22. The van der Waals surface area contributed by atoms with E-state index in [4.69, 9.17) is 4.42 Å². The number of hydrogen-bond acceptors (Lipinski definition) is 2. The van der Waals surface area contributed by atoms with Gasteiger partial charge in [0.15, 0.2) is 12.7 Å². The minimum Gasteiger partial charge on any atom is -0.509 e. The van der Waals surface area contributed by atoms with Gasteiger partial charge in [0, 0.05) is 43.8 Å². The number of rotatable bonds is 2. The summed E-state index contributed by atoms with van der Waals surface area (Å²) in [6.45, 7) is 2.03. The van der Waals surface area contributed by atoms with Crippen LogP contribution in [0, 0.1) is 19.1 Å². The van der Waals surface area contributed by atoms with E-state index in [0.29, 0.717) is 0 Å². The molecule has 1 radical (unpaired) electrons. The number of fused-ring (bicyclic) bond motifs is 4. The third-order valence-electron chi connectivity index (χ3n) is 6.17. The Hall–Kier alpha value is -4.14. The van der Waals surface area contributed by atoms with Gasteiger partial charge in [0.1, 0.15) is 5.58 Å². The summed E-state index contributed by atoms with van der Waals surface area (Å²) < 4.78 is 10.1. The Kier molecular flexibility index (Phi) is 6.94. The summed E-state index contributed by atoms with van der Waals surface area (Å²) in [6, 6.07) is 42.1. The van der Waals surface area contributed by atoms with Crippen LogP contribution in [0.2, 0.25) is 0 Å². The van der Waals surface area contributed by atoms with Crippen LogP contribution in [-0.2, 0) is 20.1 Å². The standard InChI is InChI=1S/C20H13N2O.C12H10N.Ir/c1-21-13-22(17-10-4-3-9-16(17)21)18-11-6-8-15-14-7-2-5-12-19(14)23-20(15)18;1-10-7-8-12(13-9-10)11-5-3-2-4-6-11;/h2-10,12H,1H3;2-5,7-9H,1H3;/q+1;-1;. The second kappa shape index (κ2) is 10.5. The van der Waals surface area contributed by atoms with Crippen molar-refractivity contribution in [2.75, 3.05) is 7.05 Å². The van der Waals surface area contributed by atoms with E-state index >= 15 is 0 Å². The van der Waals surface area contributed by atoms with E-state index in [1.807, 2.05) is 96.0 Å². The Morgan fingerprint density at radius 1 is 0.784 bits per heavy atom. The molecule has 0 N–H and O–H groups in total. The van der Waals surface area contributed by atoms with Crippen LogP contribution in [0.4, 0.5) is 17.1 Å². The molecule has 0 unspecified atom stereocenters. The van der Waals surface area contributed by atoms with E-state index in [0.717, 1.165) is 50.3 Å². The van der Waals surface area contributed by atoms with Crippen LogP contribution in [0.3, 0.4) is 0 Å². The quantitative estimate of drug-likeness (QED) is 0.142. The van der Waals surface area contributed by atoms with Crippen molar-refractivity contribution >= 4 is 45.0 Å². The van der Waals surface area contributed by atoms with E-state index in [1.165, 1.54) is 5.56 Å². The van der Waals surface area contributed by atoms with Gasteiger partial charge in [0.2, 0.25) is 0 Å². The fraction of sp³-hybridized carbons (Fsp3) is 0.0625. The molecule has 0 amide bonds. The maximum atomic E-state index is 6.11. The van der Waals surface area contributed by atoms with Gasteiger partial charge in [-0.1, -0.05) is 57.0 Å². The van der Waals surface area contributed by atoms with Crippen molar-refractivity contribution in [3.8, 4) is 11.3 Å². The summed E-state index contributed by atoms with van der Waals surface area (Å²) in [5.41, 5.74) is 8.02. The van der Waals surface area contributed by atoms with Gasteiger partial charge in [0.05, 0.1) is 5.58 Å². The van der Waals surface area contributed by atoms with E-state index < -0.39 is 0 Å². The van der Waals surface area contributed by atoms with Gasteiger partial charge in [-0.2, -0.15) is 12.1 Å².